The van der Waals surface area contributed by atoms with Gasteiger partial charge in [-0.2, -0.15) is 0 Å². The summed E-state index contributed by atoms with van der Waals surface area (Å²) in [5.74, 6) is 0.793. The molecule has 2 aliphatic rings. The topological polar surface area (TPSA) is 32.5 Å². The molecule has 0 aromatic heterocycles. The standard InChI is InChI=1S/C8H17N3/c1-10-5-8(6-10)11-3-7(2-9)4-11/h7-8H,2-6,9H2,1H3. The van der Waals surface area contributed by atoms with Gasteiger partial charge in [-0.3, -0.25) is 4.90 Å². The molecule has 0 spiro atoms. The first-order valence-corrected chi connectivity index (χ1v) is 4.42. The van der Waals surface area contributed by atoms with Crippen molar-refractivity contribution in [1.29, 1.82) is 0 Å². The predicted octanol–water partition coefficient (Wildman–Crippen LogP) is -0.809. The molecule has 0 amide bonds. The summed E-state index contributed by atoms with van der Waals surface area (Å²) in [7, 11) is 2.18. The largest absolute Gasteiger partial charge is 0.330 e. The van der Waals surface area contributed by atoms with Crippen molar-refractivity contribution in [1.82, 2.24) is 9.80 Å². The molecule has 0 aromatic rings. The van der Waals surface area contributed by atoms with Crippen molar-refractivity contribution in [2.75, 3.05) is 39.8 Å². The Morgan fingerprint density at radius 3 is 2.36 bits per heavy atom. The highest BCUT2D eigenvalue weighted by Gasteiger charge is 2.36. The molecule has 3 heteroatoms. The van der Waals surface area contributed by atoms with Crippen LogP contribution in [0.3, 0.4) is 0 Å². The predicted molar refractivity (Wildman–Crippen MR) is 45.4 cm³/mol. The van der Waals surface area contributed by atoms with E-state index in [1.165, 1.54) is 26.2 Å². The molecule has 0 bridgehead atoms. The number of nitrogens with zero attached hydrogens (tertiary/aromatic N) is 2. The van der Waals surface area contributed by atoms with Gasteiger partial charge in [-0.1, -0.05) is 0 Å². The third kappa shape index (κ3) is 1.28. The number of hydrogen-bond acceptors (Lipinski definition) is 3. The van der Waals surface area contributed by atoms with Crippen molar-refractivity contribution in [2.45, 2.75) is 6.04 Å². The van der Waals surface area contributed by atoms with E-state index in [4.69, 9.17) is 5.73 Å². The lowest BCUT2D eigenvalue weighted by atomic mass is 9.95. The molecule has 0 atom stereocenters. The van der Waals surface area contributed by atoms with Crippen molar-refractivity contribution < 1.29 is 0 Å². The van der Waals surface area contributed by atoms with Crippen LogP contribution < -0.4 is 5.73 Å². The lowest BCUT2D eigenvalue weighted by molar-refractivity contribution is -0.0176. The molecule has 11 heavy (non-hydrogen) atoms. The number of hydrogen-bond donors (Lipinski definition) is 1. The van der Waals surface area contributed by atoms with Gasteiger partial charge in [-0.05, 0) is 19.5 Å². The Labute approximate surface area is 68.1 Å². The Morgan fingerprint density at radius 2 is 1.91 bits per heavy atom. The minimum absolute atomic E-state index is 0.793. The van der Waals surface area contributed by atoms with E-state index in [2.05, 4.69) is 16.8 Å². The number of rotatable bonds is 2. The SMILES string of the molecule is CN1CC(N2CC(CN)C2)C1. The third-order valence-electron chi connectivity index (χ3n) is 2.88. The van der Waals surface area contributed by atoms with Gasteiger partial charge in [-0.15, -0.1) is 0 Å². The highest BCUT2D eigenvalue weighted by Crippen LogP contribution is 2.22. The fourth-order valence-corrected chi connectivity index (χ4v) is 1.95. The second-order valence-electron chi connectivity index (χ2n) is 3.93. The highest BCUT2D eigenvalue weighted by molar-refractivity contribution is 4.93. The maximum atomic E-state index is 5.55. The molecule has 2 saturated heterocycles. The molecule has 0 saturated carbocycles. The van der Waals surface area contributed by atoms with Crippen LogP contribution in [0.15, 0.2) is 0 Å². The average molecular weight is 155 g/mol. The van der Waals surface area contributed by atoms with Gasteiger partial charge in [0.2, 0.25) is 0 Å². The maximum Gasteiger partial charge on any atom is 0.0350 e. The fraction of sp³-hybridized carbons (Fsp3) is 1.00. The van der Waals surface area contributed by atoms with Gasteiger partial charge in [0.25, 0.3) is 0 Å². The van der Waals surface area contributed by atoms with Crippen molar-refractivity contribution >= 4 is 0 Å². The minimum atomic E-state index is 0.793. The Kier molecular flexibility index (Phi) is 1.87. The van der Waals surface area contributed by atoms with Gasteiger partial charge in [-0.25, -0.2) is 0 Å². The van der Waals surface area contributed by atoms with Gasteiger partial charge >= 0.3 is 0 Å². The highest BCUT2D eigenvalue weighted by atomic mass is 15.3. The minimum Gasteiger partial charge on any atom is -0.330 e. The van der Waals surface area contributed by atoms with E-state index in [-0.39, 0.29) is 0 Å². The monoisotopic (exact) mass is 155 g/mol. The van der Waals surface area contributed by atoms with Crippen LogP contribution in [0.2, 0.25) is 0 Å². The Balaban J connectivity index is 1.67. The molecule has 0 unspecified atom stereocenters. The summed E-state index contributed by atoms with van der Waals surface area (Å²) in [5.41, 5.74) is 5.55. The zero-order valence-electron chi connectivity index (χ0n) is 7.16. The van der Waals surface area contributed by atoms with E-state index in [0.29, 0.717) is 0 Å². The first-order valence-electron chi connectivity index (χ1n) is 4.42. The fourth-order valence-electron chi connectivity index (χ4n) is 1.95. The van der Waals surface area contributed by atoms with Gasteiger partial charge < -0.3 is 10.6 Å². The summed E-state index contributed by atoms with van der Waals surface area (Å²) < 4.78 is 0. The van der Waals surface area contributed by atoms with Gasteiger partial charge in [0, 0.05) is 32.2 Å². The molecular weight excluding hydrogens is 138 g/mol. The molecule has 0 aliphatic carbocycles. The summed E-state index contributed by atoms with van der Waals surface area (Å²) in [6.07, 6.45) is 0. The quantitative estimate of drug-likeness (QED) is 0.566. The Morgan fingerprint density at radius 1 is 1.27 bits per heavy atom. The second-order valence-corrected chi connectivity index (χ2v) is 3.93. The van der Waals surface area contributed by atoms with Crippen LogP contribution in [0.1, 0.15) is 0 Å². The number of likely N-dealkylation sites (N-methyl/N-ethyl adjacent to an activating group) is 1. The molecular formula is C8H17N3. The molecule has 3 nitrogen and oxygen atoms in total. The van der Waals surface area contributed by atoms with Crippen LogP contribution in [-0.4, -0.2) is 55.6 Å². The van der Waals surface area contributed by atoms with Gasteiger partial charge in [0.15, 0.2) is 0 Å². The van der Waals surface area contributed by atoms with Crippen molar-refractivity contribution in [3.8, 4) is 0 Å². The zero-order chi connectivity index (χ0) is 7.84. The third-order valence-corrected chi connectivity index (χ3v) is 2.88. The molecule has 0 radical (unpaired) electrons. The molecule has 2 heterocycles. The van der Waals surface area contributed by atoms with Gasteiger partial charge in [0.1, 0.15) is 0 Å². The zero-order valence-corrected chi connectivity index (χ0v) is 7.16. The summed E-state index contributed by atoms with van der Waals surface area (Å²) in [5, 5.41) is 0. The van der Waals surface area contributed by atoms with Crippen LogP contribution in [0.4, 0.5) is 0 Å². The molecule has 0 aromatic carbocycles. The lowest BCUT2D eigenvalue weighted by Crippen LogP contribution is -2.65. The maximum absolute atomic E-state index is 5.55. The molecule has 2 rings (SSSR count). The number of likely N-dealkylation sites (tertiary alicyclic amines) is 2. The first kappa shape index (κ1) is 7.53. The van der Waals surface area contributed by atoms with E-state index in [1.54, 1.807) is 0 Å². The van der Waals surface area contributed by atoms with Crippen molar-refractivity contribution in [3.63, 3.8) is 0 Å². The van der Waals surface area contributed by atoms with E-state index < -0.39 is 0 Å². The van der Waals surface area contributed by atoms with Crippen LogP contribution in [0, 0.1) is 5.92 Å². The van der Waals surface area contributed by atoms with Gasteiger partial charge in [0.05, 0.1) is 0 Å². The van der Waals surface area contributed by atoms with Crippen LogP contribution >= 0.6 is 0 Å². The lowest BCUT2D eigenvalue weighted by Gasteiger charge is -2.50. The van der Waals surface area contributed by atoms with E-state index in [0.717, 1.165) is 18.5 Å². The average Bonchev–Trinajstić information content (AvgIpc) is 1.81. The van der Waals surface area contributed by atoms with E-state index >= 15 is 0 Å². The van der Waals surface area contributed by atoms with Crippen molar-refractivity contribution in [2.24, 2.45) is 11.7 Å². The summed E-state index contributed by atoms with van der Waals surface area (Å²) in [6.45, 7) is 5.89. The smallest absolute Gasteiger partial charge is 0.0350 e. The van der Waals surface area contributed by atoms with Crippen LogP contribution in [0.25, 0.3) is 0 Å². The molecule has 2 aliphatic heterocycles. The van der Waals surface area contributed by atoms with E-state index in [9.17, 15) is 0 Å². The van der Waals surface area contributed by atoms with Crippen LogP contribution in [-0.2, 0) is 0 Å². The molecule has 2 fully saturated rings. The van der Waals surface area contributed by atoms with Crippen molar-refractivity contribution in [3.05, 3.63) is 0 Å². The number of nitrogens with two attached hydrogens (primary N) is 1. The Hall–Kier alpha value is -0.120. The van der Waals surface area contributed by atoms with Crippen LogP contribution in [0.5, 0.6) is 0 Å². The van der Waals surface area contributed by atoms with E-state index in [1.807, 2.05) is 0 Å². The molecule has 2 N–H and O–H groups in total. The summed E-state index contributed by atoms with van der Waals surface area (Å²) >= 11 is 0. The first-order chi connectivity index (χ1) is 5.29. The summed E-state index contributed by atoms with van der Waals surface area (Å²) in [4.78, 5) is 4.91. The Bertz CT molecular complexity index is 136. The normalized spacial score (nSPS) is 30.0. The molecule has 64 valence electrons. The summed E-state index contributed by atoms with van der Waals surface area (Å²) in [6, 6.07) is 0.850. The second kappa shape index (κ2) is 2.73.